The van der Waals surface area contributed by atoms with Crippen molar-refractivity contribution in [3.63, 3.8) is 0 Å². The summed E-state index contributed by atoms with van der Waals surface area (Å²) in [5, 5.41) is 4.05. The average Bonchev–Trinajstić information content (AvgIpc) is 2.69. The molecule has 0 saturated carbocycles. The summed E-state index contributed by atoms with van der Waals surface area (Å²) in [6.45, 7) is 4.85. The molecule has 1 aliphatic heterocycles. The molecule has 1 fully saturated rings. The van der Waals surface area contributed by atoms with Crippen LogP contribution in [-0.4, -0.2) is 28.9 Å². The van der Waals surface area contributed by atoms with Crippen LogP contribution < -0.4 is 5.32 Å². The number of carbonyl (C=O) groups excluding carboxylic acids is 1. The minimum atomic E-state index is -0.0598. The summed E-state index contributed by atoms with van der Waals surface area (Å²) in [4.78, 5) is 18.7. The van der Waals surface area contributed by atoms with Gasteiger partial charge in [-0.05, 0) is 55.8 Å². The first-order chi connectivity index (χ1) is 13.2. The highest BCUT2D eigenvalue weighted by molar-refractivity contribution is 5.89. The number of pyridine rings is 1. The zero-order valence-corrected chi connectivity index (χ0v) is 15.7. The van der Waals surface area contributed by atoms with Crippen molar-refractivity contribution in [2.24, 2.45) is 0 Å². The fraction of sp³-hybridized carbons (Fsp3) is 0.304. The SMILES string of the molecule is CC(=O)Nc1ccc(-c2cc(CN3CCCCC3)c3ccccc3n2)cc1. The molecule has 138 valence electrons. The highest BCUT2D eigenvalue weighted by Crippen LogP contribution is 2.27. The molecule has 2 aromatic carbocycles. The third-order valence-electron chi connectivity index (χ3n) is 5.15. The molecule has 1 aliphatic rings. The molecule has 0 aliphatic carbocycles. The summed E-state index contributed by atoms with van der Waals surface area (Å²) in [5.74, 6) is -0.0598. The van der Waals surface area contributed by atoms with E-state index in [1.165, 1.54) is 50.2 Å². The Labute approximate surface area is 160 Å². The number of fused-ring (bicyclic) bond motifs is 1. The number of amides is 1. The van der Waals surface area contributed by atoms with E-state index in [4.69, 9.17) is 4.98 Å². The van der Waals surface area contributed by atoms with Gasteiger partial charge in [0.25, 0.3) is 0 Å². The third kappa shape index (κ3) is 4.17. The normalized spacial score (nSPS) is 15.0. The first-order valence-electron chi connectivity index (χ1n) is 9.68. The van der Waals surface area contributed by atoms with Gasteiger partial charge in [-0.1, -0.05) is 36.8 Å². The number of carbonyl (C=O) groups is 1. The van der Waals surface area contributed by atoms with E-state index in [0.717, 1.165) is 29.0 Å². The first kappa shape index (κ1) is 17.7. The van der Waals surface area contributed by atoms with Gasteiger partial charge in [-0.15, -0.1) is 0 Å². The Bertz CT molecular complexity index is 943. The van der Waals surface area contributed by atoms with E-state index in [1.54, 1.807) is 0 Å². The fourth-order valence-corrected chi connectivity index (χ4v) is 3.81. The zero-order chi connectivity index (χ0) is 18.6. The number of hydrogen-bond acceptors (Lipinski definition) is 3. The topological polar surface area (TPSA) is 45.2 Å². The van der Waals surface area contributed by atoms with Crippen LogP contribution in [0, 0.1) is 0 Å². The molecule has 0 atom stereocenters. The molecule has 3 aromatic rings. The number of nitrogens with one attached hydrogen (secondary N) is 1. The molecule has 4 nitrogen and oxygen atoms in total. The Kier molecular flexibility index (Phi) is 5.16. The van der Waals surface area contributed by atoms with Crippen molar-refractivity contribution in [2.75, 3.05) is 18.4 Å². The number of piperidine rings is 1. The van der Waals surface area contributed by atoms with Crippen molar-refractivity contribution in [3.05, 3.63) is 60.2 Å². The second-order valence-electron chi connectivity index (χ2n) is 7.28. The van der Waals surface area contributed by atoms with E-state index in [1.807, 2.05) is 30.3 Å². The van der Waals surface area contributed by atoms with Crippen LogP contribution in [0.4, 0.5) is 5.69 Å². The minimum Gasteiger partial charge on any atom is -0.326 e. The molecule has 0 bridgehead atoms. The molecule has 0 spiro atoms. The molecule has 1 saturated heterocycles. The van der Waals surface area contributed by atoms with E-state index >= 15 is 0 Å². The van der Waals surface area contributed by atoms with E-state index < -0.39 is 0 Å². The molecule has 27 heavy (non-hydrogen) atoms. The van der Waals surface area contributed by atoms with Gasteiger partial charge in [0, 0.05) is 30.1 Å². The number of benzene rings is 2. The van der Waals surface area contributed by atoms with Crippen LogP contribution in [-0.2, 0) is 11.3 Å². The van der Waals surface area contributed by atoms with E-state index in [2.05, 4.69) is 34.5 Å². The summed E-state index contributed by atoms with van der Waals surface area (Å²) in [5.41, 5.74) is 5.22. The predicted octanol–water partition coefficient (Wildman–Crippen LogP) is 4.85. The zero-order valence-electron chi connectivity index (χ0n) is 15.7. The smallest absolute Gasteiger partial charge is 0.221 e. The van der Waals surface area contributed by atoms with E-state index in [0.29, 0.717) is 0 Å². The summed E-state index contributed by atoms with van der Waals surface area (Å²) in [7, 11) is 0. The molecule has 0 radical (unpaired) electrons. The number of anilines is 1. The van der Waals surface area contributed by atoms with Crippen LogP contribution in [0.5, 0.6) is 0 Å². The molecule has 4 heteroatoms. The van der Waals surface area contributed by atoms with Gasteiger partial charge in [0.2, 0.25) is 5.91 Å². The van der Waals surface area contributed by atoms with E-state index in [-0.39, 0.29) is 5.91 Å². The van der Waals surface area contributed by atoms with Gasteiger partial charge in [-0.2, -0.15) is 0 Å². The van der Waals surface area contributed by atoms with Crippen molar-refractivity contribution in [2.45, 2.75) is 32.7 Å². The maximum Gasteiger partial charge on any atom is 0.221 e. The second kappa shape index (κ2) is 7.89. The third-order valence-corrected chi connectivity index (χ3v) is 5.15. The van der Waals surface area contributed by atoms with Crippen molar-refractivity contribution >= 4 is 22.5 Å². The molecule has 0 unspecified atom stereocenters. The molecular weight excluding hydrogens is 334 g/mol. The first-order valence-corrected chi connectivity index (χ1v) is 9.68. The van der Waals surface area contributed by atoms with Gasteiger partial charge < -0.3 is 5.32 Å². The van der Waals surface area contributed by atoms with Crippen LogP contribution in [0.15, 0.2) is 54.6 Å². The lowest BCUT2D eigenvalue weighted by Crippen LogP contribution is -2.29. The molecule has 1 amide bonds. The monoisotopic (exact) mass is 359 g/mol. The van der Waals surface area contributed by atoms with Gasteiger partial charge in [0.05, 0.1) is 11.2 Å². The van der Waals surface area contributed by atoms with Crippen molar-refractivity contribution in [1.29, 1.82) is 0 Å². The van der Waals surface area contributed by atoms with E-state index in [9.17, 15) is 4.79 Å². The molecule has 4 rings (SSSR count). The molecular formula is C23H25N3O. The highest BCUT2D eigenvalue weighted by Gasteiger charge is 2.14. The second-order valence-corrected chi connectivity index (χ2v) is 7.28. The number of likely N-dealkylation sites (tertiary alicyclic amines) is 1. The lowest BCUT2D eigenvalue weighted by Gasteiger charge is -2.27. The van der Waals surface area contributed by atoms with Gasteiger partial charge >= 0.3 is 0 Å². The van der Waals surface area contributed by atoms with Gasteiger partial charge in [-0.25, -0.2) is 4.98 Å². The summed E-state index contributed by atoms with van der Waals surface area (Å²) in [6.07, 6.45) is 3.93. The molecule has 2 heterocycles. The minimum absolute atomic E-state index is 0.0598. The number of rotatable bonds is 4. The maximum absolute atomic E-state index is 11.2. The molecule has 1 aromatic heterocycles. The van der Waals surface area contributed by atoms with Crippen LogP contribution in [0.3, 0.4) is 0 Å². The van der Waals surface area contributed by atoms with Crippen molar-refractivity contribution in [3.8, 4) is 11.3 Å². The predicted molar refractivity (Wildman–Crippen MR) is 111 cm³/mol. The van der Waals surface area contributed by atoms with Crippen molar-refractivity contribution in [1.82, 2.24) is 9.88 Å². The van der Waals surface area contributed by atoms with Crippen molar-refractivity contribution < 1.29 is 4.79 Å². The number of nitrogens with zero attached hydrogens (tertiary/aromatic N) is 2. The number of aromatic nitrogens is 1. The lowest BCUT2D eigenvalue weighted by molar-refractivity contribution is -0.114. The summed E-state index contributed by atoms with van der Waals surface area (Å²) < 4.78 is 0. The highest BCUT2D eigenvalue weighted by atomic mass is 16.1. The van der Waals surface area contributed by atoms with Crippen LogP contribution in [0.25, 0.3) is 22.2 Å². The Morgan fingerprint density at radius 3 is 2.52 bits per heavy atom. The van der Waals surface area contributed by atoms with Gasteiger partial charge in [0.15, 0.2) is 0 Å². The van der Waals surface area contributed by atoms with Crippen LogP contribution >= 0.6 is 0 Å². The quantitative estimate of drug-likeness (QED) is 0.724. The van der Waals surface area contributed by atoms with Gasteiger partial charge in [0.1, 0.15) is 0 Å². The van der Waals surface area contributed by atoms with Gasteiger partial charge in [-0.3, -0.25) is 9.69 Å². The molecule has 1 N–H and O–H groups in total. The van der Waals surface area contributed by atoms with Crippen LogP contribution in [0.2, 0.25) is 0 Å². The summed E-state index contributed by atoms with van der Waals surface area (Å²) in [6, 6.07) is 18.5. The Morgan fingerprint density at radius 1 is 1.04 bits per heavy atom. The Hall–Kier alpha value is -2.72. The fourth-order valence-electron chi connectivity index (χ4n) is 3.81. The number of para-hydroxylation sites is 1. The lowest BCUT2D eigenvalue weighted by atomic mass is 10.0. The Balaban J connectivity index is 1.69. The van der Waals surface area contributed by atoms with Crippen LogP contribution in [0.1, 0.15) is 31.7 Å². The number of hydrogen-bond donors (Lipinski definition) is 1. The maximum atomic E-state index is 11.2. The summed E-state index contributed by atoms with van der Waals surface area (Å²) >= 11 is 0. The largest absolute Gasteiger partial charge is 0.326 e. The Morgan fingerprint density at radius 2 is 1.78 bits per heavy atom. The average molecular weight is 359 g/mol. The standard InChI is InChI=1S/C23H25N3O/c1-17(27)24-20-11-9-18(10-12-20)23-15-19(16-26-13-5-2-6-14-26)21-7-3-4-8-22(21)25-23/h3-4,7-12,15H,2,5-6,13-14,16H2,1H3,(H,24,27).